The smallest absolute Gasteiger partial charge is 0.227 e. The number of carbonyl (C=O) groups is 1. The predicted molar refractivity (Wildman–Crippen MR) is 94.6 cm³/mol. The van der Waals surface area contributed by atoms with Gasteiger partial charge in [0, 0.05) is 35.6 Å². The van der Waals surface area contributed by atoms with E-state index >= 15 is 0 Å². The van der Waals surface area contributed by atoms with Crippen LogP contribution in [-0.2, 0) is 11.2 Å². The maximum atomic E-state index is 14.0. The van der Waals surface area contributed by atoms with Gasteiger partial charge in [-0.1, -0.05) is 31.5 Å². The zero-order chi connectivity index (χ0) is 17.7. The van der Waals surface area contributed by atoms with Crippen LogP contribution in [0.2, 0.25) is 5.02 Å². The molecular weight excluding hydrogens is 327 g/mol. The molecule has 1 amide bonds. The molecule has 0 unspecified atom stereocenters. The minimum atomic E-state index is -0.402. The molecule has 132 valence electrons. The van der Waals surface area contributed by atoms with Gasteiger partial charge in [0.05, 0.1) is 6.42 Å². The highest BCUT2D eigenvalue weighted by atomic mass is 35.5. The third kappa shape index (κ3) is 2.95. The first kappa shape index (κ1) is 17.7. The Morgan fingerprint density at radius 2 is 2.12 bits per heavy atom. The number of likely N-dealkylation sites (tertiary alicyclic amines) is 1. The minimum Gasteiger partial charge on any atom is -0.341 e. The number of benzene rings is 1. The Labute approximate surface area is 148 Å². The first-order valence-electron chi connectivity index (χ1n) is 8.50. The summed E-state index contributed by atoms with van der Waals surface area (Å²) >= 11 is 6.07. The average Bonchev–Trinajstić information content (AvgIpc) is 2.76. The summed E-state index contributed by atoms with van der Waals surface area (Å²) in [6.45, 7) is 7.10. The maximum Gasteiger partial charge on any atom is 0.227 e. The number of halogens is 2. The van der Waals surface area contributed by atoms with Gasteiger partial charge in [-0.05, 0) is 44.0 Å². The van der Waals surface area contributed by atoms with Crippen molar-refractivity contribution in [2.75, 3.05) is 33.7 Å². The molecule has 1 aromatic rings. The Bertz CT molecular complexity index is 637. The van der Waals surface area contributed by atoms with E-state index in [-0.39, 0.29) is 23.2 Å². The lowest BCUT2D eigenvalue weighted by Crippen LogP contribution is -2.57. The molecule has 1 aromatic carbocycles. The third-order valence-corrected chi connectivity index (χ3v) is 6.13. The number of fused-ring (bicyclic) bond motifs is 1. The monoisotopic (exact) mass is 352 g/mol. The van der Waals surface area contributed by atoms with Crippen LogP contribution in [0.5, 0.6) is 0 Å². The molecule has 2 atom stereocenters. The van der Waals surface area contributed by atoms with Crippen molar-refractivity contribution < 1.29 is 9.18 Å². The van der Waals surface area contributed by atoms with E-state index in [4.69, 9.17) is 11.6 Å². The summed E-state index contributed by atoms with van der Waals surface area (Å²) in [7, 11) is 4.17. The molecule has 3 nitrogen and oxygen atoms in total. The second-order valence-electron chi connectivity index (χ2n) is 8.47. The SMILES string of the molecule is CN(C)C[C@@]12CN(C(=O)Cc3c(F)cccc3Cl)C[C@@H]1C(C)(C)C2. The van der Waals surface area contributed by atoms with E-state index in [1.807, 2.05) is 4.90 Å². The molecule has 1 aliphatic heterocycles. The number of nitrogens with zero attached hydrogens (tertiary/aromatic N) is 2. The first-order valence-corrected chi connectivity index (χ1v) is 8.88. The first-order chi connectivity index (χ1) is 11.1. The van der Waals surface area contributed by atoms with Gasteiger partial charge in [0.25, 0.3) is 0 Å². The molecule has 2 aliphatic rings. The van der Waals surface area contributed by atoms with Gasteiger partial charge in [-0.3, -0.25) is 4.79 Å². The number of rotatable bonds is 4. The quantitative estimate of drug-likeness (QED) is 0.828. The van der Waals surface area contributed by atoms with E-state index < -0.39 is 5.82 Å². The predicted octanol–water partition coefficient (Wildman–Crippen LogP) is 3.46. The highest BCUT2D eigenvalue weighted by Crippen LogP contribution is 2.62. The maximum absolute atomic E-state index is 14.0. The summed E-state index contributed by atoms with van der Waals surface area (Å²) in [5, 5.41) is 0.328. The Morgan fingerprint density at radius 3 is 2.71 bits per heavy atom. The van der Waals surface area contributed by atoms with Crippen LogP contribution in [0.15, 0.2) is 18.2 Å². The van der Waals surface area contributed by atoms with Crippen LogP contribution < -0.4 is 0 Å². The van der Waals surface area contributed by atoms with Crippen molar-refractivity contribution in [3.8, 4) is 0 Å². The highest BCUT2D eigenvalue weighted by Gasteiger charge is 2.63. The second-order valence-corrected chi connectivity index (χ2v) is 8.88. The van der Waals surface area contributed by atoms with Crippen molar-refractivity contribution in [3.05, 3.63) is 34.6 Å². The fourth-order valence-corrected chi connectivity index (χ4v) is 5.35. The summed E-state index contributed by atoms with van der Waals surface area (Å²) in [4.78, 5) is 16.9. The Hall–Kier alpha value is -1.13. The third-order valence-electron chi connectivity index (χ3n) is 5.77. The minimum absolute atomic E-state index is 0.0228. The van der Waals surface area contributed by atoms with Gasteiger partial charge in [0.15, 0.2) is 0 Å². The van der Waals surface area contributed by atoms with Crippen molar-refractivity contribution in [1.82, 2.24) is 9.80 Å². The Balaban J connectivity index is 1.76. The van der Waals surface area contributed by atoms with Crippen LogP contribution in [0.1, 0.15) is 25.8 Å². The van der Waals surface area contributed by atoms with Crippen molar-refractivity contribution >= 4 is 17.5 Å². The number of hydrogen-bond acceptors (Lipinski definition) is 2. The summed E-state index contributed by atoms with van der Waals surface area (Å²) in [6.07, 6.45) is 1.17. The van der Waals surface area contributed by atoms with Crippen LogP contribution in [0.25, 0.3) is 0 Å². The molecule has 0 N–H and O–H groups in total. The Kier molecular flexibility index (Phi) is 4.42. The highest BCUT2D eigenvalue weighted by molar-refractivity contribution is 6.31. The molecule has 3 rings (SSSR count). The summed E-state index contributed by atoms with van der Waals surface area (Å²) in [5.74, 6) is 0.0825. The summed E-state index contributed by atoms with van der Waals surface area (Å²) < 4.78 is 14.0. The summed E-state index contributed by atoms with van der Waals surface area (Å²) in [6, 6.07) is 4.56. The van der Waals surface area contributed by atoms with Gasteiger partial charge in [-0.2, -0.15) is 0 Å². The molecule has 0 radical (unpaired) electrons. The van der Waals surface area contributed by atoms with Crippen molar-refractivity contribution in [2.45, 2.75) is 26.7 Å². The van der Waals surface area contributed by atoms with Crippen LogP contribution in [0.3, 0.4) is 0 Å². The lowest BCUT2D eigenvalue weighted by Gasteiger charge is -2.57. The van der Waals surface area contributed by atoms with Gasteiger partial charge in [0.2, 0.25) is 5.91 Å². The van der Waals surface area contributed by atoms with Crippen molar-refractivity contribution in [3.63, 3.8) is 0 Å². The summed E-state index contributed by atoms with van der Waals surface area (Å²) in [5.41, 5.74) is 0.756. The standard InChI is InChI=1S/C19H26ClFN2O/c1-18(2)10-19(11-22(3)4)12-23(9-16(18)19)17(24)8-13-14(20)6-5-7-15(13)21/h5-7,16H,8-12H2,1-4H3/t16-,19+/m1/s1. The fraction of sp³-hybridized carbons (Fsp3) is 0.632. The van der Waals surface area contributed by atoms with Gasteiger partial charge in [-0.25, -0.2) is 4.39 Å². The second kappa shape index (κ2) is 5.99. The lowest BCUT2D eigenvalue weighted by atomic mass is 9.48. The normalized spacial score (nSPS) is 28.0. The number of amides is 1. The van der Waals surface area contributed by atoms with Gasteiger partial charge >= 0.3 is 0 Å². The van der Waals surface area contributed by atoms with Crippen molar-refractivity contribution in [1.29, 1.82) is 0 Å². The van der Waals surface area contributed by atoms with E-state index in [1.165, 1.54) is 6.07 Å². The van der Waals surface area contributed by atoms with E-state index in [9.17, 15) is 9.18 Å². The topological polar surface area (TPSA) is 23.6 Å². The van der Waals surface area contributed by atoms with Gasteiger partial charge in [0.1, 0.15) is 5.82 Å². The van der Waals surface area contributed by atoms with Crippen LogP contribution in [-0.4, -0.2) is 49.4 Å². The van der Waals surface area contributed by atoms with Crippen molar-refractivity contribution in [2.24, 2.45) is 16.7 Å². The molecule has 2 fully saturated rings. The van der Waals surface area contributed by atoms with Crippen LogP contribution >= 0.6 is 11.6 Å². The van der Waals surface area contributed by atoms with Gasteiger partial charge in [-0.15, -0.1) is 0 Å². The van der Waals surface area contributed by atoms with E-state index in [2.05, 4.69) is 32.8 Å². The molecule has 0 aromatic heterocycles. The number of hydrogen-bond donors (Lipinski definition) is 0. The molecule has 1 aliphatic carbocycles. The van der Waals surface area contributed by atoms with E-state index in [0.717, 1.165) is 26.1 Å². The average molecular weight is 353 g/mol. The van der Waals surface area contributed by atoms with Gasteiger partial charge < -0.3 is 9.80 Å². The number of carbonyl (C=O) groups excluding carboxylic acids is 1. The zero-order valence-electron chi connectivity index (χ0n) is 14.9. The molecule has 5 heteroatoms. The molecule has 1 heterocycles. The molecule has 0 bridgehead atoms. The van der Waals surface area contributed by atoms with Crippen LogP contribution in [0.4, 0.5) is 4.39 Å². The Morgan fingerprint density at radius 1 is 1.42 bits per heavy atom. The largest absolute Gasteiger partial charge is 0.341 e. The fourth-order valence-electron chi connectivity index (χ4n) is 5.12. The zero-order valence-corrected chi connectivity index (χ0v) is 15.7. The molecule has 0 spiro atoms. The lowest BCUT2D eigenvalue weighted by molar-refractivity contribution is -0.129. The molecule has 24 heavy (non-hydrogen) atoms. The van der Waals surface area contributed by atoms with E-state index in [1.54, 1.807) is 12.1 Å². The molecular formula is C19H26ClFN2O. The van der Waals surface area contributed by atoms with E-state index in [0.29, 0.717) is 16.5 Å². The van der Waals surface area contributed by atoms with Crippen LogP contribution in [0, 0.1) is 22.6 Å². The molecule has 1 saturated carbocycles. The molecule has 1 saturated heterocycles.